The van der Waals surface area contributed by atoms with Crippen LogP contribution in [0.5, 0.6) is 5.88 Å². The number of halogens is 6. The van der Waals surface area contributed by atoms with Crippen LogP contribution in [0.15, 0.2) is 18.3 Å². The zero-order valence-corrected chi connectivity index (χ0v) is 18.8. The molecule has 0 aliphatic carbocycles. The molecule has 0 spiro atoms. The van der Waals surface area contributed by atoms with E-state index in [1.807, 2.05) is 13.0 Å². The van der Waals surface area contributed by atoms with Gasteiger partial charge in [0.2, 0.25) is 5.88 Å². The Labute approximate surface area is 196 Å². The lowest BCUT2D eigenvalue weighted by atomic mass is 10.0. The number of pyridine rings is 1. The molecule has 0 bridgehead atoms. The lowest BCUT2D eigenvalue weighted by molar-refractivity contribution is -0.193. The first-order chi connectivity index (χ1) is 16.2. The highest BCUT2D eigenvalue weighted by atomic mass is 19.4. The van der Waals surface area contributed by atoms with Crippen LogP contribution in [0.25, 0.3) is 0 Å². The lowest BCUT2D eigenvalue weighted by Gasteiger charge is -2.32. The van der Waals surface area contributed by atoms with Gasteiger partial charge in [-0.15, -0.1) is 0 Å². The SMILES string of the molecule is CCO[C@H]1CN(Cc2cccnc2OC)[C@@H]2CCCO[C@H]12.O=C(O)C(F)(F)F.O=C(O)C(F)(F)F. The zero-order chi connectivity index (χ0) is 26.8. The number of ether oxygens (including phenoxy) is 3. The predicted molar refractivity (Wildman–Crippen MR) is 107 cm³/mol. The van der Waals surface area contributed by atoms with Crippen molar-refractivity contribution in [2.75, 3.05) is 26.9 Å². The fourth-order valence-corrected chi connectivity index (χ4v) is 3.49. The van der Waals surface area contributed by atoms with Gasteiger partial charge >= 0.3 is 24.3 Å². The van der Waals surface area contributed by atoms with Gasteiger partial charge in [-0.3, -0.25) is 4.90 Å². The number of nitrogens with zero attached hydrogens (tertiary/aromatic N) is 2. The van der Waals surface area contributed by atoms with Crippen molar-refractivity contribution in [2.45, 2.75) is 56.9 Å². The highest BCUT2D eigenvalue weighted by molar-refractivity contribution is 5.73. The Balaban J connectivity index is 0.000000362. The number of carboxylic acids is 2. The maximum absolute atomic E-state index is 10.6. The van der Waals surface area contributed by atoms with E-state index in [9.17, 15) is 26.3 Å². The Bertz CT molecular complexity index is 798. The summed E-state index contributed by atoms with van der Waals surface area (Å²) in [4.78, 5) is 24.5. The van der Waals surface area contributed by atoms with Crippen molar-refractivity contribution in [3.05, 3.63) is 23.9 Å². The number of methoxy groups -OCH3 is 1. The van der Waals surface area contributed by atoms with Crippen LogP contribution in [-0.4, -0.2) is 89.5 Å². The maximum atomic E-state index is 10.6. The number of carboxylic acid groups (broad SMARTS) is 2. The molecule has 2 aliphatic heterocycles. The number of alkyl halides is 6. The minimum Gasteiger partial charge on any atom is -0.481 e. The van der Waals surface area contributed by atoms with E-state index in [4.69, 9.17) is 34.0 Å². The van der Waals surface area contributed by atoms with Crippen LogP contribution < -0.4 is 4.74 Å². The van der Waals surface area contributed by atoms with E-state index in [0.717, 1.165) is 38.3 Å². The molecule has 1 aromatic heterocycles. The molecule has 35 heavy (non-hydrogen) atoms. The van der Waals surface area contributed by atoms with E-state index in [-0.39, 0.29) is 12.2 Å². The molecule has 3 heterocycles. The molecular weight excluding hydrogens is 494 g/mol. The third-order valence-electron chi connectivity index (χ3n) is 4.87. The molecule has 2 saturated heterocycles. The van der Waals surface area contributed by atoms with Crippen LogP contribution in [0.3, 0.4) is 0 Å². The zero-order valence-electron chi connectivity index (χ0n) is 18.8. The molecule has 0 aromatic carbocycles. The van der Waals surface area contributed by atoms with E-state index < -0.39 is 24.3 Å². The number of carbonyl (C=O) groups is 2. The van der Waals surface area contributed by atoms with E-state index in [2.05, 4.69) is 16.0 Å². The molecule has 0 radical (unpaired) electrons. The van der Waals surface area contributed by atoms with E-state index in [0.29, 0.717) is 11.9 Å². The van der Waals surface area contributed by atoms with Crippen LogP contribution in [0, 0.1) is 0 Å². The third kappa shape index (κ3) is 9.85. The van der Waals surface area contributed by atoms with Crippen LogP contribution in [0.2, 0.25) is 0 Å². The molecule has 2 fully saturated rings. The van der Waals surface area contributed by atoms with E-state index in [1.54, 1.807) is 13.3 Å². The summed E-state index contributed by atoms with van der Waals surface area (Å²) in [5, 5.41) is 14.2. The summed E-state index contributed by atoms with van der Waals surface area (Å²) >= 11 is 0. The quantitative estimate of drug-likeness (QED) is 0.565. The number of hydrogen-bond acceptors (Lipinski definition) is 7. The number of fused-ring (bicyclic) bond motifs is 1. The molecule has 0 unspecified atom stereocenters. The smallest absolute Gasteiger partial charge is 0.481 e. The highest BCUT2D eigenvalue weighted by Crippen LogP contribution is 2.32. The topological polar surface area (TPSA) is 118 Å². The largest absolute Gasteiger partial charge is 0.490 e. The molecule has 3 rings (SSSR count). The summed E-state index contributed by atoms with van der Waals surface area (Å²) in [5.74, 6) is -4.80. The Kier molecular flexibility index (Phi) is 11.7. The number of aromatic nitrogens is 1. The van der Waals surface area contributed by atoms with Gasteiger partial charge in [-0.1, -0.05) is 6.07 Å². The van der Waals surface area contributed by atoms with Crippen molar-refractivity contribution in [1.82, 2.24) is 9.88 Å². The first-order valence-corrected chi connectivity index (χ1v) is 10.3. The van der Waals surface area contributed by atoms with Gasteiger partial charge in [-0.2, -0.15) is 26.3 Å². The second-order valence-electron chi connectivity index (χ2n) is 7.25. The maximum Gasteiger partial charge on any atom is 0.490 e. The molecular formula is C20H26F6N2O7. The summed E-state index contributed by atoms with van der Waals surface area (Å²) in [7, 11) is 1.67. The van der Waals surface area contributed by atoms with Crippen molar-refractivity contribution >= 4 is 11.9 Å². The Hall–Kier alpha value is -2.65. The molecule has 0 saturated carbocycles. The summed E-state index contributed by atoms with van der Waals surface area (Å²) in [5.41, 5.74) is 1.13. The minimum atomic E-state index is -5.08. The molecule has 2 N–H and O–H groups in total. The van der Waals surface area contributed by atoms with Gasteiger partial charge in [0.15, 0.2) is 0 Å². The number of likely N-dealkylation sites (tertiary alicyclic amines) is 1. The Morgan fingerprint density at radius 2 is 1.74 bits per heavy atom. The molecule has 15 heteroatoms. The standard InChI is InChI=1S/C16H24N2O3.2C2HF3O2/c1-3-20-14-11-18(13-7-5-9-21-15(13)14)10-12-6-4-8-17-16(12)19-2;2*3-2(4,5)1(6)7/h4,6,8,13-15H,3,5,7,9-11H2,1-2H3;2*(H,6,7)/t13-,14+,15+;;/m1../s1. The number of hydrogen-bond donors (Lipinski definition) is 2. The molecule has 1 aromatic rings. The Morgan fingerprint density at radius 3 is 2.23 bits per heavy atom. The van der Waals surface area contributed by atoms with Crippen LogP contribution in [0.1, 0.15) is 25.3 Å². The van der Waals surface area contributed by atoms with Gasteiger partial charge in [0.1, 0.15) is 6.10 Å². The van der Waals surface area contributed by atoms with Crippen molar-refractivity contribution < 1.29 is 60.4 Å². The summed E-state index contributed by atoms with van der Waals surface area (Å²) < 4.78 is 80.7. The first kappa shape index (κ1) is 30.4. The van der Waals surface area contributed by atoms with Gasteiger partial charge < -0.3 is 24.4 Å². The Morgan fingerprint density at radius 1 is 1.17 bits per heavy atom. The van der Waals surface area contributed by atoms with E-state index >= 15 is 0 Å². The van der Waals surface area contributed by atoms with Crippen molar-refractivity contribution in [3.63, 3.8) is 0 Å². The van der Waals surface area contributed by atoms with Gasteiger partial charge in [0.25, 0.3) is 0 Å². The number of rotatable bonds is 5. The first-order valence-electron chi connectivity index (χ1n) is 10.3. The predicted octanol–water partition coefficient (Wildman–Crippen LogP) is 3.13. The number of aliphatic carboxylic acids is 2. The van der Waals surface area contributed by atoms with Crippen LogP contribution >= 0.6 is 0 Å². The fourth-order valence-electron chi connectivity index (χ4n) is 3.49. The van der Waals surface area contributed by atoms with E-state index in [1.165, 1.54) is 6.42 Å². The summed E-state index contributed by atoms with van der Waals surface area (Å²) in [6.07, 6.45) is -5.70. The monoisotopic (exact) mass is 520 g/mol. The van der Waals surface area contributed by atoms with Gasteiger partial charge in [-0.25, -0.2) is 14.6 Å². The summed E-state index contributed by atoms with van der Waals surface area (Å²) in [6.45, 7) is 5.40. The average Bonchev–Trinajstić information content (AvgIpc) is 3.11. The van der Waals surface area contributed by atoms with Gasteiger partial charge in [-0.05, 0) is 25.8 Å². The van der Waals surface area contributed by atoms with Gasteiger partial charge in [0, 0.05) is 44.1 Å². The van der Waals surface area contributed by atoms with Crippen LogP contribution in [0.4, 0.5) is 26.3 Å². The van der Waals surface area contributed by atoms with Crippen LogP contribution in [-0.2, 0) is 25.6 Å². The normalized spacial score (nSPS) is 22.1. The van der Waals surface area contributed by atoms with Crippen molar-refractivity contribution in [3.8, 4) is 5.88 Å². The molecule has 200 valence electrons. The highest BCUT2D eigenvalue weighted by Gasteiger charge is 2.44. The molecule has 9 nitrogen and oxygen atoms in total. The fraction of sp³-hybridized carbons (Fsp3) is 0.650. The lowest BCUT2D eigenvalue weighted by Crippen LogP contribution is -2.41. The van der Waals surface area contributed by atoms with Crippen molar-refractivity contribution in [1.29, 1.82) is 0 Å². The third-order valence-corrected chi connectivity index (χ3v) is 4.87. The molecule has 3 atom stereocenters. The minimum absolute atomic E-state index is 0.183. The second-order valence-corrected chi connectivity index (χ2v) is 7.25. The second kappa shape index (κ2) is 13.4. The summed E-state index contributed by atoms with van der Waals surface area (Å²) in [6, 6.07) is 4.49. The van der Waals surface area contributed by atoms with Gasteiger partial charge in [0.05, 0.1) is 13.2 Å². The molecule has 0 amide bonds. The van der Waals surface area contributed by atoms with Crippen molar-refractivity contribution in [2.24, 2.45) is 0 Å². The average molecular weight is 520 g/mol. The molecule has 2 aliphatic rings.